The molecule has 0 radical (unpaired) electrons. The zero-order valence-corrected chi connectivity index (χ0v) is 10.5. The lowest BCUT2D eigenvalue weighted by molar-refractivity contribution is 0.0524. The van der Waals surface area contributed by atoms with Crippen molar-refractivity contribution in [1.29, 1.82) is 0 Å². The summed E-state index contributed by atoms with van der Waals surface area (Å²) in [5.74, 6) is -1.44. The molecule has 0 saturated heterocycles. The Labute approximate surface area is 98.9 Å². The summed E-state index contributed by atoms with van der Waals surface area (Å²) >= 11 is 0. The highest BCUT2D eigenvalue weighted by molar-refractivity contribution is 5.99. The van der Waals surface area contributed by atoms with E-state index in [1.807, 2.05) is 20.8 Å². The molecule has 94 valence electrons. The fourth-order valence-electron chi connectivity index (χ4n) is 1.11. The highest BCUT2D eigenvalue weighted by Crippen LogP contribution is 2.24. The van der Waals surface area contributed by atoms with Crippen molar-refractivity contribution in [3.05, 3.63) is 17.3 Å². The maximum absolute atomic E-state index is 11.4. The zero-order valence-electron chi connectivity index (χ0n) is 10.5. The van der Waals surface area contributed by atoms with Gasteiger partial charge < -0.3 is 13.9 Å². The molecule has 0 spiro atoms. The molecule has 0 bridgehead atoms. The molecule has 0 aromatic carbocycles. The number of hydrogen-bond donors (Lipinski definition) is 0. The minimum atomic E-state index is -0.756. The summed E-state index contributed by atoms with van der Waals surface area (Å²) in [4.78, 5) is 26.9. The average Bonchev–Trinajstić information content (AvgIpc) is 2.71. The first-order valence-electron chi connectivity index (χ1n) is 4.99. The number of methoxy groups -OCH3 is 2. The second-order valence-electron chi connectivity index (χ2n) is 4.43. The lowest BCUT2D eigenvalue weighted by atomic mass is 9.97. The van der Waals surface area contributed by atoms with Crippen LogP contribution in [0.4, 0.5) is 0 Å². The lowest BCUT2D eigenvalue weighted by Crippen LogP contribution is -2.12. The molecular weight excluding hydrogens is 226 g/mol. The highest BCUT2D eigenvalue weighted by atomic mass is 16.5. The van der Waals surface area contributed by atoms with E-state index in [-0.39, 0.29) is 17.3 Å². The number of oxazole rings is 1. The standard InChI is InChI=1S/C11H15NO5/c1-11(2,3)10-12-6(8(13)15-4)7(17-10)9(14)16-5/h1-5H3. The predicted octanol–water partition coefficient (Wildman–Crippen LogP) is 1.55. The van der Waals surface area contributed by atoms with E-state index in [1.165, 1.54) is 14.2 Å². The van der Waals surface area contributed by atoms with Crippen LogP contribution < -0.4 is 0 Å². The second-order valence-corrected chi connectivity index (χ2v) is 4.43. The van der Waals surface area contributed by atoms with Crippen LogP contribution in [0, 0.1) is 0 Å². The van der Waals surface area contributed by atoms with Crippen LogP contribution in [-0.4, -0.2) is 31.1 Å². The van der Waals surface area contributed by atoms with Crippen LogP contribution in [-0.2, 0) is 14.9 Å². The van der Waals surface area contributed by atoms with Gasteiger partial charge in [-0.3, -0.25) is 0 Å². The third-order valence-corrected chi connectivity index (χ3v) is 2.02. The third kappa shape index (κ3) is 2.64. The Morgan fingerprint density at radius 3 is 2.06 bits per heavy atom. The molecule has 1 aromatic rings. The Morgan fingerprint density at radius 2 is 1.65 bits per heavy atom. The normalized spacial score (nSPS) is 11.1. The molecule has 1 heterocycles. The number of carbonyl (C=O) groups excluding carboxylic acids is 2. The first kappa shape index (κ1) is 13.2. The van der Waals surface area contributed by atoms with E-state index >= 15 is 0 Å². The summed E-state index contributed by atoms with van der Waals surface area (Å²) in [6.07, 6.45) is 0. The highest BCUT2D eigenvalue weighted by Gasteiger charge is 2.31. The largest absolute Gasteiger partial charge is 0.464 e. The number of nitrogens with zero attached hydrogens (tertiary/aromatic N) is 1. The Kier molecular flexibility index (Phi) is 3.55. The smallest absolute Gasteiger partial charge is 0.376 e. The number of aromatic nitrogens is 1. The molecule has 6 heteroatoms. The molecule has 0 N–H and O–H groups in total. The molecular formula is C11H15NO5. The van der Waals surface area contributed by atoms with Crippen LogP contribution in [0.2, 0.25) is 0 Å². The van der Waals surface area contributed by atoms with Crippen LogP contribution in [0.15, 0.2) is 4.42 Å². The van der Waals surface area contributed by atoms with Crippen molar-refractivity contribution < 1.29 is 23.5 Å². The van der Waals surface area contributed by atoms with Crippen LogP contribution >= 0.6 is 0 Å². The Balaban J connectivity index is 3.31. The number of rotatable bonds is 2. The van der Waals surface area contributed by atoms with E-state index in [0.29, 0.717) is 0 Å². The van der Waals surface area contributed by atoms with Crippen molar-refractivity contribution in [3.8, 4) is 0 Å². The molecule has 17 heavy (non-hydrogen) atoms. The Bertz CT molecular complexity index is 408. The van der Waals surface area contributed by atoms with Gasteiger partial charge in [-0.25, -0.2) is 14.6 Å². The van der Waals surface area contributed by atoms with Crippen molar-refractivity contribution in [2.75, 3.05) is 14.2 Å². The lowest BCUT2D eigenvalue weighted by Gasteiger charge is -2.11. The molecule has 0 saturated carbocycles. The average molecular weight is 241 g/mol. The van der Waals surface area contributed by atoms with Crippen molar-refractivity contribution in [1.82, 2.24) is 4.98 Å². The quantitative estimate of drug-likeness (QED) is 0.731. The number of esters is 2. The van der Waals surface area contributed by atoms with E-state index in [2.05, 4.69) is 14.5 Å². The first-order chi connectivity index (χ1) is 7.81. The maximum Gasteiger partial charge on any atom is 0.376 e. The van der Waals surface area contributed by atoms with E-state index < -0.39 is 17.4 Å². The van der Waals surface area contributed by atoms with Crippen molar-refractivity contribution in [3.63, 3.8) is 0 Å². The molecule has 0 atom stereocenters. The summed E-state index contributed by atoms with van der Waals surface area (Å²) in [6.45, 7) is 5.54. The van der Waals surface area contributed by atoms with E-state index in [0.717, 1.165) is 0 Å². The van der Waals surface area contributed by atoms with Crippen LogP contribution in [0.3, 0.4) is 0 Å². The third-order valence-electron chi connectivity index (χ3n) is 2.02. The number of ether oxygens (including phenoxy) is 2. The summed E-state index contributed by atoms with van der Waals surface area (Å²) in [7, 11) is 2.40. The van der Waals surface area contributed by atoms with Crippen molar-refractivity contribution in [2.24, 2.45) is 0 Å². The van der Waals surface area contributed by atoms with E-state index in [9.17, 15) is 9.59 Å². The second kappa shape index (κ2) is 4.57. The monoisotopic (exact) mass is 241 g/mol. The van der Waals surface area contributed by atoms with Gasteiger partial charge in [-0.05, 0) is 0 Å². The van der Waals surface area contributed by atoms with Gasteiger partial charge in [0.25, 0.3) is 0 Å². The molecule has 0 aliphatic heterocycles. The van der Waals surface area contributed by atoms with Gasteiger partial charge in [0, 0.05) is 5.41 Å². The molecule has 1 rings (SSSR count). The molecule has 1 aromatic heterocycles. The van der Waals surface area contributed by atoms with Gasteiger partial charge in [0.2, 0.25) is 17.3 Å². The number of carbonyl (C=O) groups is 2. The van der Waals surface area contributed by atoms with Crippen molar-refractivity contribution >= 4 is 11.9 Å². The minimum Gasteiger partial charge on any atom is -0.464 e. The van der Waals surface area contributed by atoms with E-state index in [1.54, 1.807) is 0 Å². The summed E-state index contributed by atoms with van der Waals surface area (Å²) < 4.78 is 14.3. The molecule has 0 aliphatic carbocycles. The Morgan fingerprint density at radius 1 is 1.12 bits per heavy atom. The molecule has 6 nitrogen and oxygen atoms in total. The summed E-state index contributed by atoms with van der Waals surface area (Å²) in [5, 5.41) is 0. The Hall–Kier alpha value is -1.85. The van der Waals surface area contributed by atoms with Gasteiger partial charge in [0.1, 0.15) is 0 Å². The molecule has 0 aliphatic rings. The summed E-state index contributed by atoms with van der Waals surface area (Å²) in [6, 6.07) is 0. The predicted molar refractivity (Wildman–Crippen MR) is 57.9 cm³/mol. The molecule has 0 unspecified atom stereocenters. The van der Waals surface area contributed by atoms with Gasteiger partial charge in [0.05, 0.1) is 14.2 Å². The van der Waals surface area contributed by atoms with Gasteiger partial charge in [0.15, 0.2) is 0 Å². The summed E-state index contributed by atoms with van der Waals surface area (Å²) in [5.41, 5.74) is -0.584. The van der Waals surface area contributed by atoms with Crippen LogP contribution in [0.1, 0.15) is 47.7 Å². The SMILES string of the molecule is COC(=O)c1nc(C(C)(C)C)oc1C(=O)OC. The number of hydrogen-bond acceptors (Lipinski definition) is 6. The minimum absolute atomic E-state index is 0.163. The van der Waals surface area contributed by atoms with Crippen LogP contribution in [0.5, 0.6) is 0 Å². The fourth-order valence-corrected chi connectivity index (χ4v) is 1.11. The van der Waals surface area contributed by atoms with Gasteiger partial charge in [-0.2, -0.15) is 0 Å². The van der Waals surface area contributed by atoms with Gasteiger partial charge >= 0.3 is 11.9 Å². The first-order valence-corrected chi connectivity index (χ1v) is 4.99. The molecule has 0 amide bonds. The van der Waals surface area contributed by atoms with E-state index in [4.69, 9.17) is 4.42 Å². The van der Waals surface area contributed by atoms with Gasteiger partial charge in [-0.15, -0.1) is 0 Å². The topological polar surface area (TPSA) is 78.6 Å². The zero-order chi connectivity index (χ0) is 13.2. The van der Waals surface area contributed by atoms with Crippen LogP contribution in [0.25, 0.3) is 0 Å². The van der Waals surface area contributed by atoms with Crippen molar-refractivity contribution in [2.45, 2.75) is 26.2 Å². The molecule has 0 fully saturated rings. The maximum atomic E-state index is 11.4. The van der Waals surface area contributed by atoms with Gasteiger partial charge in [-0.1, -0.05) is 20.8 Å². The fraction of sp³-hybridized carbons (Fsp3) is 0.545.